The van der Waals surface area contributed by atoms with E-state index in [1.807, 2.05) is 17.8 Å². The van der Waals surface area contributed by atoms with E-state index >= 15 is 0 Å². The van der Waals surface area contributed by atoms with Crippen LogP contribution < -0.4 is 0 Å². The van der Waals surface area contributed by atoms with E-state index in [1.165, 1.54) is 16.8 Å². The van der Waals surface area contributed by atoms with Crippen molar-refractivity contribution >= 4 is 11.6 Å². The van der Waals surface area contributed by atoms with Gasteiger partial charge in [0, 0.05) is 23.3 Å². The Morgan fingerprint density at radius 3 is 2.20 bits per heavy atom. The van der Waals surface area contributed by atoms with Crippen LogP contribution >= 0.6 is 11.6 Å². The summed E-state index contributed by atoms with van der Waals surface area (Å²) < 4.78 is 1.99. The van der Waals surface area contributed by atoms with Crippen LogP contribution in [0.25, 0.3) is 11.3 Å². The van der Waals surface area contributed by atoms with Crippen molar-refractivity contribution in [3.63, 3.8) is 0 Å². The quantitative estimate of drug-likeness (QED) is 0.750. The molecule has 0 radical (unpaired) electrons. The van der Waals surface area contributed by atoms with Gasteiger partial charge in [-0.15, -0.1) is 0 Å². The topological polar surface area (TPSA) is 17.8 Å². The molecule has 2 aromatic rings. The van der Waals surface area contributed by atoms with Gasteiger partial charge in [-0.05, 0) is 36.0 Å². The van der Waals surface area contributed by atoms with Crippen molar-refractivity contribution in [1.82, 2.24) is 9.78 Å². The highest BCUT2D eigenvalue weighted by atomic mass is 35.5. The Morgan fingerprint density at radius 1 is 1.10 bits per heavy atom. The molecule has 1 aromatic carbocycles. The first-order valence-electron chi connectivity index (χ1n) is 7.16. The predicted molar refractivity (Wildman–Crippen MR) is 86.6 cm³/mol. The number of aromatic nitrogens is 2. The van der Waals surface area contributed by atoms with Crippen LogP contribution in [0, 0.1) is 6.92 Å². The molecule has 3 heteroatoms. The second kappa shape index (κ2) is 5.61. The molecular weight excluding hydrogens is 268 g/mol. The van der Waals surface area contributed by atoms with Gasteiger partial charge in [0.1, 0.15) is 0 Å². The van der Waals surface area contributed by atoms with Crippen LogP contribution in [0.2, 0.25) is 5.02 Å². The molecule has 1 heterocycles. The lowest BCUT2D eigenvalue weighted by Crippen LogP contribution is -2.00. The summed E-state index contributed by atoms with van der Waals surface area (Å²) in [4.78, 5) is 0. The molecule has 0 fully saturated rings. The molecule has 1 aromatic heterocycles. The zero-order valence-electron chi connectivity index (χ0n) is 13.2. The molecular formula is C17H23ClN2. The van der Waals surface area contributed by atoms with E-state index in [2.05, 4.69) is 51.9 Å². The van der Waals surface area contributed by atoms with Crippen LogP contribution in [0.4, 0.5) is 0 Å². The maximum absolute atomic E-state index is 6.40. The minimum absolute atomic E-state index is 0.438. The van der Waals surface area contributed by atoms with Crippen LogP contribution in [-0.4, -0.2) is 9.78 Å². The van der Waals surface area contributed by atoms with Crippen molar-refractivity contribution < 1.29 is 0 Å². The average Bonchev–Trinajstić information content (AvgIpc) is 2.64. The summed E-state index contributed by atoms with van der Waals surface area (Å²) in [5.74, 6) is 0.902. The lowest BCUT2D eigenvalue weighted by atomic mass is 9.98. The van der Waals surface area contributed by atoms with Gasteiger partial charge in [-0.25, -0.2) is 0 Å². The van der Waals surface area contributed by atoms with Crippen molar-refractivity contribution in [2.45, 2.75) is 46.5 Å². The van der Waals surface area contributed by atoms with Gasteiger partial charge in [-0.1, -0.05) is 51.4 Å². The number of nitrogens with zero attached hydrogens (tertiary/aromatic N) is 2. The molecule has 0 aliphatic carbocycles. The first-order chi connectivity index (χ1) is 9.32. The van der Waals surface area contributed by atoms with Gasteiger partial charge >= 0.3 is 0 Å². The number of aryl methyl sites for hydroxylation is 1. The monoisotopic (exact) mass is 290 g/mol. The predicted octanol–water partition coefficient (Wildman–Crippen LogP) is 5.30. The van der Waals surface area contributed by atoms with Crippen molar-refractivity contribution in [2.24, 2.45) is 7.05 Å². The standard InChI is InChI=1S/C17H23ClN2/c1-10(2)14-8-7-13(9-15(14)18)16-12(5)17(11(3)4)20(6)19-16/h7-11H,1-6H3. The van der Waals surface area contributed by atoms with Crippen molar-refractivity contribution in [2.75, 3.05) is 0 Å². The third kappa shape index (κ3) is 2.62. The van der Waals surface area contributed by atoms with Gasteiger partial charge in [0.25, 0.3) is 0 Å². The van der Waals surface area contributed by atoms with Crippen LogP contribution in [0.3, 0.4) is 0 Å². The van der Waals surface area contributed by atoms with Crippen molar-refractivity contribution in [3.05, 3.63) is 40.0 Å². The molecule has 0 bridgehead atoms. The van der Waals surface area contributed by atoms with E-state index in [4.69, 9.17) is 11.6 Å². The zero-order valence-corrected chi connectivity index (χ0v) is 13.9. The van der Waals surface area contributed by atoms with Crippen LogP contribution in [0.15, 0.2) is 18.2 Å². The third-order valence-corrected chi connectivity index (χ3v) is 4.11. The van der Waals surface area contributed by atoms with Gasteiger partial charge in [0.05, 0.1) is 5.69 Å². The molecule has 2 nitrogen and oxygen atoms in total. The Morgan fingerprint density at radius 2 is 1.75 bits per heavy atom. The zero-order chi connectivity index (χ0) is 15.0. The van der Waals surface area contributed by atoms with Crippen LogP contribution in [0.1, 0.15) is 56.4 Å². The Labute approximate surface area is 126 Å². The van der Waals surface area contributed by atoms with E-state index in [0.29, 0.717) is 11.8 Å². The SMILES string of the molecule is Cc1c(-c2ccc(C(C)C)c(Cl)c2)nn(C)c1C(C)C. The number of halogens is 1. The number of hydrogen-bond donors (Lipinski definition) is 0. The lowest BCUT2D eigenvalue weighted by Gasteiger charge is -2.10. The van der Waals surface area contributed by atoms with Crippen molar-refractivity contribution in [3.8, 4) is 11.3 Å². The Hall–Kier alpha value is -1.28. The van der Waals surface area contributed by atoms with Gasteiger partial charge < -0.3 is 0 Å². The fourth-order valence-corrected chi connectivity index (χ4v) is 3.27. The molecule has 0 aliphatic heterocycles. The first kappa shape index (κ1) is 15.1. The number of hydrogen-bond acceptors (Lipinski definition) is 1. The summed E-state index contributed by atoms with van der Waals surface area (Å²) in [6.45, 7) is 10.8. The van der Waals surface area contributed by atoms with E-state index in [0.717, 1.165) is 16.3 Å². The lowest BCUT2D eigenvalue weighted by molar-refractivity contribution is 0.667. The van der Waals surface area contributed by atoms with Crippen molar-refractivity contribution in [1.29, 1.82) is 0 Å². The second-order valence-corrected chi connectivity index (χ2v) is 6.44. The average molecular weight is 291 g/mol. The number of rotatable bonds is 3. The normalized spacial score (nSPS) is 11.7. The van der Waals surface area contributed by atoms with E-state index < -0.39 is 0 Å². The minimum Gasteiger partial charge on any atom is -0.271 e. The number of benzene rings is 1. The van der Waals surface area contributed by atoms with Gasteiger partial charge in [-0.3, -0.25) is 4.68 Å². The summed E-state index contributed by atoms with van der Waals surface area (Å²) in [6.07, 6.45) is 0. The van der Waals surface area contributed by atoms with E-state index in [1.54, 1.807) is 0 Å². The second-order valence-electron chi connectivity index (χ2n) is 6.03. The Bertz CT molecular complexity index is 624. The molecule has 0 aliphatic rings. The molecule has 0 N–H and O–H groups in total. The maximum atomic E-state index is 6.40. The van der Waals surface area contributed by atoms with E-state index in [9.17, 15) is 0 Å². The highest BCUT2D eigenvalue weighted by Crippen LogP contribution is 2.33. The molecule has 0 spiro atoms. The van der Waals surface area contributed by atoms with Gasteiger partial charge in [0.15, 0.2) is 0 Å². The molecule has 108 valence electrons. The Balaban J connectivity index is 2.53. The molecule has 20 heavy (non-hydrogen) atoms. The third-order valence-electron chi connectivity index (χ3n) is 3.78. The van der Waals surface area contributed by atoms with Gasteiger partial charge in [-0.2, -0.15) is 5.10 Å². The van der Waals surface area contributed by atoms with Crippen LogP contribution in [0.5, 0.6) is 0 Å². The molecule has 0 amide bonds. The molecule has 0 saturated heterocycles. The Kier molecular flexibility index (Phi) is 4.24. The van der Waals surface area contributed by atoms with Gasteiger partial charge in [0.2, 0.25) is 0 Å². The fraction of sp³-hybridized carbons (Fsp3) is 0.471. The minimum atomic E-state index is 0.438. The molecule has 2 rings (SSSR count). The highest BCUT2D eigenvalue weighted by molar-refractivity contribution is 6.31. The largest absolute Gasteiger partial charge is 0.271 e. The smallest absolute Gasteiger partial charge is 0.0955 e. The summed E-state index contributed by atoms with van der Waals surface area (Å²) in [5.41, 5.74) is 5.85. The highest BCUT2D eigenvalue weighted by Gasteiger charge is 2.17. The maximum Gasteiger partial charge on any atom is 0.0955 e. The van der Waals surface area contributed by atoms with Crippen LogP contribution in [-0.2, 0) is 7.05 Å². The molecule has 0 atom stereocenters. The van der Waals surface area contributed by atoms with E-state index in [-0.39, 0.29) is 0 Å². The fourth-order valence-electron chi connectivity index (χ4n) is 2.87. The molecule has 0 saturated carbocycles. The molecule has 0 unspecified atom stereocenters. The first-order valence-corrected chi connectivity index (χ1v) is 7.54. The summed E-state index contributed by atoms with van der Waals surface area (Å²) in [6, 6.07) is 6.28. The summed E-state index contributed by atoms with van der Waals surface area (Å²) in [5, 5.41) is 5.50. The summed E-state index contributed by atoms with van der Waals surface area (Å²) in [7, 11) is 2.01. The summed E-state index contributed by atoms with van der Waals surface area (Å²) >= 11 is 6.40.